The number of nitrogens with one attached hydrogen (secondary N) is 1. The Hall–Kier alpha value is -0.220. The van der Waals surface area contributed by atoms with E-state index >= 15 is 0 Å². The summed E-state index contributed by atoms with van der Waals surface area (Å²) < 4.78 is 5.25. The van der Waals surface area contributed by atoms with Gasteiger partial charge in [-0.1, -0.05) is 13.8 Å². The number of carbonyl (C=O) groups excluding carboxylic acids is 1. The van der Waals surface area contributed by atoms with Gasteiger partial charge < -0.3 is 10.1 Å². The van der Waals surface area contributed by atoms with Crippen molar-refractivity contribution < 1.29 is 9.53 Å². The van der Waals surface area contributed by atoms with Crippen LogP contribution in [0.3, 0.4) is 0 Å². The van der Waals surface area contributed by atoms with Crippen LogP contribution in [0, 0.1) is 0 Å². The smallest absolute Gasteiger partial charge is 0.316 e. The normalized spacial score (nSPS) is 13.5. The molecule has 0 fully saturated rings. The highest BCUT2D eigenvalue weighted by molar-refractivity contribution is 7.99. The molecule has 0 amide bonds. The minimum atomic E-state index is -0.373. The third-order valence-corrected chi connectivity index (χ3v) is 3.21. The van der Waals surface area contributed by atoms with Crippen LogP contribution in [-0.4, -0.2) is 35.7 Å². The maximum absolute atomic E-state index is 11.5. The van der Waals surface area contributed by atoms with E-state index in [-0.39, 0.29) is 11.6 Å². The third kappa shape index (κ3) is 10.6. The molecule has 1 N–H and O–H groups in total. The summed E-state index contributed by atoms with van der Waals surface area (Å²) in [6.07, 6.45) is 2.24. The average Bonchev–Trinajstić information content (AvgIpc) is 2.20. The Morgan fingerprint density at radius 3 is 2.47 bits per heavy atom. The molecule has 0 saturated carbocycles. The van der Waals surface area contributed by atoms with Gasteiger partial charge in [-0.25, -0.2) is 0 Å². The minimum Gasteiger partial charge on any atom is -0.459 e. The standard InChI is InChI=1S/C13H27NO2S/c1-6-8-14-11(7-2)9-17-10-12(15)16-13(3,4)5/h11,14H,6-10H2,1-5H3. The first-order valence-corrected chi connectivity index (χ1v) is 7.57. The maximum Gasteiger partial charge on any atom is 0.316 e. The molecule has 0 spiro atoms. The van der Waals surface area contributed by atoms with E-state index in [4.69, 9.17) is 4.74 Å². The fraction of sp³-hybridized carbons (Fsp3) is 0.923. The number of ether oxygens (including phenoxy) is 1. The zero-order chi connectivity index (χ0) is 13.3. The summed E-state index contributed by atoms with van der Waals surface area (Å²) in [5.41, 5.74) is -0.373. The molecule has 3 nitrogen and oxygen atoms in total. The first-order chi connectivity index (χ1) is 7.89. The number of hydrogen-bond acceptors (Lipinski definition) is 4. The zero-order valence-corrected chi connectivity index (χ0v) is 12.7. The molecule has 0 heterocycles. The predicted octanol–water partition coefficient (Wildman–Crippen LogP) is 2.84. The Morgan fingerprint density at radius 2 is 2.00 bits per heavy atom. The van der Waals surface area contributed by atoms with Crippen molar-refractivity contribution in [3.63, 3.8) is 0 Å². The largest absolute Gasteiger partial charge is 0.459 e. The van der Waals surface area contributed by atoms with Gasteiger partial charge in [0.15, 0.2) is 0 Å². The number of thioether (sulfide) groups is 1. The van der Waals surface area contributed by atoms with Crippen molar-refractivity contribution in [2.24, 2.45) is 0 Å². The second kappa shape index (κ2) is 8.81. The topological polar surface area (TPSA) is 38.3 Å². The molecule has 17 heavy (non-hydrogen) atoms. The number of hydrogen-bond donors (Lipinski definition) is 1. The van der Waals surface area contributed by atoms with Crippen LogP contribution in [-0.2, 0) is 9.53 Å². The number of carbonyl (C=O) groups is 1. The van der Waals surface area contributed by atoms with E-state index < -0.39 is 0 Å². The molecule has 0 rings (SSSR count). The second-order valence-electron chi connectivity index (χ2n) is 5.16. The van der Waals surface area contributed by atoms with Crippen molar-refractivity contribution in [3.8, 4) is 0 Å². The van der Waals surface area contributed by atoms with Crippen molar-refractivity contribution in [1.29, 1.82) is 0 Å². The molecule has 0 aliphatic rings. The summed E-state index contributed by atoms with van der Waals surface area (Å²) in [5.74, 6) is 1.30. The molecule has 0 saturated heterocycles. The fourth-order valence-corrected chi connectivity index (χ4v) is 2.31. The summed E-state index contributed by atoms with van der Waals surface area (Å²) in [6, 6.07) is 0.502. The Kier molecular flexibility index (Phi) is 8.70. The van der Waals surface area contributed by atoms with Crippen molar-refractivity contribution in [2.45, 2.75) is 59.1 Å². The lowest BCUT2D eigenvalue weighted by molar-refractivity contribution is -0.151. The molecule has 0 aromatic rings. The molecule has 0 aromatic carbocycles. The summed E-state index contributed by atoms with van der Waals surface area (Å²) in [5, 5.41) is 3.47. The van der Waals surface area contributed by atoms with Gasteiger partial charge in [0.2, 0.25) is 0 Å². The van der Waals surface area contributed by atoms with Crippen LogP contribution >= 0.6 is 11.8 Å². The van der Waals surface area contributed by atoms with Crippen molar-refractivity contribution in [1.82, 2.24) is 5.32 Å². The zero-order valence-electron chi connectivity index (χ0n) is 11.8. The highest BCUT2D eigenvalue weighted by atomic mass is 32.2. The summed E-state index contributed by atoms with van der Waals surface area (Å²) in [6.45, 7) is 11.1. The van der Waals surface area contributed by atoms with Gasteiger partial charge in [0.25, 0.3) is 0 Å². The van der Waals surface area contributed by atoms with Crippen molar-refractivity contribution >= 4 is 17.7 Å². The van der Waals surface area contributed by atoms with E-state index in [2.05, 4.69) is 19.2 Å². The quantitative estimate of drug-likeness (QED) is 0.682. The van der Waals surface area contributed by atoms with Gasteiger partial charge in [-0.2, -0.15) is 0 Å². The average molecular weight is 261 g/mol. The summed E-state index contributed by atoms with van der Waals surface area (Å²) in [7, 11) is 0. The van der Waals surface area contributed by atoms with E-state index in [0.29, 0.717) is 11.8 Å². The SMILES string of the molecule is CCCNC(CC)CSCC(=O)OC(C)(C)C. The summed E-state index contributed by atoms with van der Waals surface area (Å²) in [4.78, 5) is 11.5. The van der Waals surface area contributed by atoms with Crippen molar-refractivity contribution in [2.75, 3.05) is 18.1 Å². The highest BCUT2D eigenvalue weighted by Gasteiger charge is 2.16. The Bertz CT molecular complexity index is 214. The molecule has 1 atom stereocenters. The van der Waals surface area contributed by atoms with Crippen LogP contribution in [0.15, 0.2) is 0 Å². The van der Waals surface area contributed by atoms with Crippen molar-refractivity contribution in [3.05, 3.63) is 0 Å². The fourth-order valence-electron chi connectivity index (χ4n) is 1.33. The predicted molar refractivity (Wildman–Crippen MR) is 75.5 cm³/mol. The van der Waals surface area contributed by atoms with Crippen LogP contribution in [0.1, 0.15) is 47.5 Å². The van der Waals surface area contributed by atoms with Gasteiger partial charge in [-0.3, -0.25) is 4.79 Å². The molecule has 0 radical (unpaired) electrons. The minimum absolute atomic E-state index is 0.118. The Morgan fingerprint density at radius 1 is 1.35 bits per heavy atom. The molecule has 0 aliphatic heterocycles. The molecule has 0 aliphatic carbocycles. The molecular weight excluding hydrogens is 234 g/mol. The third-order valence-electron chi connectivity index (χ3n) is 2.13. The van der Waals surface area contributed by atoms with Crippen LogP contribution in [0.25, 0.3) is 0 Å². The lowest BCUT2D eigenvalue weighted by Crippen LogP contribution is -2.32. The van der Waals surface area contributed by atoms with E-state index in [1.807, 2.05) is 20.8 Å². The van der Waals surface area contributed by atoms with Gasteiger partial charge in [-0.05, 0) is 40.2 Å². The Balaban J connectivity index is 3.70. The van der Waals surface area contributed by atoms with E-state index in [1.54, 1.807) is 11.8 Å². The van der Waals surface area contributed by atoms with Gasteiger partial charge in [0.05, 0.1) is 5.75 Å². The molecule has 102 valence electrons. The van der Waals surface area contributed by atoms with Gasteiger partial charge in [-0.15, -0.1) is 11.8 Å². The van der Waals surface area contributed by atoms with E-state index in [1.165, 1.54) is 0 Å². The lowest BCUT2D eigenvalue weighted by atomic mass is 10.2. The Labute approximate surface area is 110 Å². The maximum atomic E-state index is 11.5. The van der Waals surface area contributed by atoms with E-state index in [0.717, 1.165) is 25.1 Å². The molecular formula is C13H27NO2S. The monoisotopic (exact) mass is 261 g/mol. The molecule has 0 aromatic heterocycles. The molecule has 0 bridgehead atoms. The van der Waals surface area contributed by atoms with Crippen LogP contribution in [0.4, 0.5) is 0 Å². The van der Waals surface area contributed by atoms with Crippen LogP contribution < -0.4 is 5.32 Å². The summed E-state index contributed by atoms with van der Waals surface area (Å²) >= 11 is 1.65. The van der Waals surface area contributed by atoms with Gasteiger partial charge in [0, 0.05) is 11.8 Å². The second-order valence-corrected chi connectivity index (χ2v) is 6.19. The lowest BCUT2D eigenvalue weighted by Gasteiger charge is -2.20. The first-order valence-electron chi connectivity index (χ1n) is 6.42. The highest BCUT2D eigenvalue weighted by Crippen LogP contribution is 2.11. The van der Waals surface area contributed by atoms with Crippen LogP contribution in [0.2, 0.25) is 0 Å². The molecule has 4 heteroatoms. The van der Waals surface area contributed by atoms with Gasteiger partial charge in [0.1, 0.15) is 5.60 Å². The number of rotatable bonds is 8. The number of esters is 1. The van der Waals surface area contributed by atoms with Crippen LogP contribution in [0.5, 0.6) is 0 Å². The van der Waals surface area contributed by atoms with Gasteiger partial charge >= 0.3 is 5.97 Å². The van der Waals surface area contributed by atoms with E-state index in [9.17, 15) is 4.79 Å². The molecule has 1 unspecified atom stereocenters. The first kappa shape index (κ1) is 16.8.